The Morgan fingerprint density at radius 2 is 2.00 bits per heavy atom. The van der Waals surface area contributed by atoms with E-state index in [0.29, 0.717) is 17.9 Å². The summed E-state index contributed by atoms with van der Waals surface area (Å²) in [5.74, 6) is 0.942. The maximum atomic E-state index is 6.01. The Labute approximate surface area is 127 Å². The summed E-state index contributed by atoms with van der Waals surface area (Å²) in [6, 6.07) is 0.406. The molecule has 21 heavy (non-hydrogen) atoms. The molecular weight excluding hydrogens is 292 g/mol. The van der Waals surface area contributed by atoms with Gasteiger partial charge in [0.15, 0.2) is 0 Å². The Balaban J connectivity index is 1.84. The van der Waals surface area contributed by atoms with Gasteiger partial charge in [0, 0.05) is 13.1 Å². The van der Waals surface area contributed by atoms with E-state index in [2.05, 4.69) is 41.9 Å². The summed E-state index contributed by atoms with van der Waals surface area (Å²) in [6.07, 6.45) is 5.12. The molecule has 3 heterocycles. The molecule has 0 amide bonds. The van der Waals surface area contributed by atoms with E-state index in [1.54, 1.807) is 0 Å². The lowest BCUT2D eigenvalue weighted by molar-refractivity contribution is 0.252. The zero-order chi connectivity index (χ0) is 14.8. The minimum Gasteiger partial charge on any atom is -0.341 e. The zero-order valence-electron chi connectivity index (χ0n) is 12.0. The van der Waals surface area contributed by atoms with Crippen molar-refractivity contribution in [3.63, 3.8) is 0 Å². The lowest BCUT2D eigenvalue weighted by Gasteiger charge is -2.35. The molecule has 1 aliphatic heterocycles. The van der Waals surface area contributed by atoms with Crippen molar-refractivity contribution in [2.75, 3.05) is 32.1 Å². The molecule has 1 saturated heterocycles. The molecule has 0 unspecified atom stereocenters. The van der Waals surface area contributed by atoms with Gasteiger partial charge >= 0.3 is 0 Å². The summed E-state index contributed by atoms with van der Waals surface area (Å²) < 4.78 is 1.47. The van der Waals surface area contributed by atoms with Crippen molar-refractivity contribution in [1.82, 2.24) is 34.6 Å². The molecule has 0 spiro atoms. The van der Waals surface area contributed by atoms with Gasteiger partial charge in [-0.1, -0.05) is 0 Å². The first-order valence-corrected chi connectivity index (χ1v) is 7.19. The molecule has 1 fully saturated rings. The normalized spacial score (nSPS) is 17.1. The lowest BCUT2D eigenvalue weighted by atomic mass is 10.0. The Kier molecular flexibility index (Phi) is 3.98. The van der Waals surface area contributed by atoms with Crippen LogP contribution in [-0.4, -0.2) is 67.8 Å². The van der Waals surface area contributed by atoms with Gasteiger partial charge in [-0.3, -0.25) is 0 Å². The number of halogens is 1. The van der Waals surface area contributed by atoms with Gasteiger partial charge < -0.3 is 9.80 Å². The van der Waals surface area contributed by atoms with Crippen molar-refractivity contribution >= 4 is 17.5 Å². The quantitative estimate of drug-likeness (QED) is 0.823. The minimum atomic E-state index is 0.158. The standard InChI is InChI=1S/C12H17ClN8/c1-19-5-3-9(4-6-19)20(2)11-16-10(13)17-12(18-11)21-8-14-7-15-21/h7-9H,3-6H2,1-2H3. The van der Waals surface area contributed by atoms with Crippen LogP contribution in [0.25, 0.3) is 5.95 Å². The third-order valence-electron chi connectivity index (χ3n) is 3.76. The van der Waals surface area contributed by atoms with Crippen LogP contribution in [0.2, 0.25) is 5.28 Å². The number of nitrogens with zero attached hydrogens (tertiary/aromatic N) is 8. The zero-order valence-corrected chi connectivity index (χ0v) is 12.8. The van der Waals surface area contributed by atoms with Gasteiger partial charge in [-0.15, -0.1) is 0 Å². The van der Waals surface area contributed by atoms with Crippen LogP contribution in [0.4, 0.5) is 5.95 Å². The highest BCUT2D eigenvalue weighted by atomic mass is 35.5. The van der Waals surface area contributed by atoms with E-state index >= 15 is 0 Å². The largest absolute Gasteiger partial charge is 0.341 e. The van der Waals surface area contributed by atoms with Crippen LogP contribution < -0.4 is 4.90 Å². The van der Waals surface area contributed by atoms with Crippen molar-refractivity contribution in [3.8, 4) is 5.95 Å². The Morgan fingerprint density at radius 3 is 2.67 bits per heavy atom. The molecule has 112 valence electrons. The first kappa shape index (κ1) is 14.2. The van der Waals surface area contributed by atoms with E-state index in [0.717, 1.165) is 25.9 Å². The highest BCUT2D eigenvalue weighted by molar-refractivity contribution is 6.28. The molecule has 1 aliphatic rings. The molecule has 8 nitrogen and oxygen atoms in total. The van der Waals surface area contributed by atoms with Gasteiger partial charge in [0.05, 0.1) is 0 Å². The van der Waals surface area contributed by atoms with Gasteiger partial charge in [0.2, 0.25) is 11.2 Å². The lowest BCUT2D eigenvalue weighted by Crippen LogP contribution is -2.42. The van der Waals surface area contributed by atoms with Gasteiger partial charge in [-0.05, 0) is 44.6 Å². The topological polar surface area (TPSA) is 75.9 Å². The van der Waals surface area contributed by atoms with Crippen LogP contribution >= 0.6 is 11.6 Å². The Morgan fingerprint density at radius 1 is 1.24 bits per heavy atom. The number of aromatic nitrogens is 6. The third kappa shape index (κ3) is 3.11. The molecule has 0 bridgehead atoms. The molecule has 3 rings (SSSR count). The predicted molar refractivity (Wildman–Crippen MR) is 78.7 cm³/mol. The number of anilines is 1. The molecule has 0 N–H and O–H groups in total. The Hall–Kier alpha value is -1.80. The second-order valence-electron chi connectivity index (χ2n) is 5.19. The molecule has 2 aromatic heterocycles. The molecule has 9 heteroatoms. The van der Waals surface area contributed by atoms with Crippen LogP contribution in [0, 0.1) is 0 Å². The van der Waals surface area contributed by atoms with Crippen LogP contribution in [0.3, 0.4) is 0 Å². The second kappa shape index (κ2) is 5.90. The number of hydrogen-bond acceptors (Lipinski definition) is 7. The molecule has 0 aliphatic carbocycles. The summed E-state index contributed by atoms with van der Waals surface area (Å²) in [4.78, 5) is 21.0. The Bertz CT molecular complexity index is 593. The molecule has 0 saturated carbocycles. The van der Waals surface area contributed by atoms with E-state index in [1.165, 1.54) is 17.3 Å². The predicted octanol–water partition coefficient (Wildman–Crippen LogP) is 0.636. The highest BCUT2D eigenvalue weighted by Gasteiger charge is 2.23. The number of rotatable bonds is 3. The fourth-order valence-electron chi connectivity index (χ4n) is 2.45. The van der Waals surface area contributed by atoms with Crippen LogP contribution in [0.1, 0.15) is 12.8 Å². The minimum absolute atomic E-state index is 0.158. The number of hydrogen-bond donors (Lipinski definition) is 0. The van der Waals surface area contributed by atoms with Crippen LogP contribution in [0.5, 0.6) is 0 Å². The second-order valence-corrected chi connectivity index (χ2v) is 5.53. The average Bonchev–Trinajstić information content (AvgIpc) is 3.01. The average molecular weight is 309 g/mol. The van der Waals surface area contributed by atoms with Gasteiger partial charge in [0.25, 0.3) is 5.95 Å². The summed E-state index contributed by atoms with van der Waals surface area (Å²) in [5.41, 5.74) is 0. The van der Waals surface area contributed by atoms with Crippen LogP contribution in [-0.2, 0) is 0 Å². The van der Waals surface area contributed by atoms with Crippen molar-refractivity contribution in [2.24, 2.45) is 0 Å². The van der Waals surface area contributed by atoms with Crippen molar-refractivity contribution in [1.29, 1.82) is 0 Å². The van der Waals surface area contributed by atoms with Gasteiger partial charge in [-0.25, -0.2) is 4.98 Å². The SMILES string of the molecule is CN1CCC(N(C)c2nc(Cl)nc(-n3cncn3)n2)CC1. The van der Waals surface area contributed by atoms with Crippen molar-refractivity contribution < 1.29 is 0 Å². The van der Waals surface area contributed by atoms with Crippen molar-refractivity contribution in [3.05, 3.63) is 17.9 Å². The highest BCUT2D eigenvalue weighted by Crippen LogP contribution is 2.20. The third-order valence-corrected chi connectivity index (χ3v) is 3.93. The van der Waals surface area contributed by atoms with E-state index in [1.807, 2.05) is 7.05 Å². The van der Waals surface area contributed by atoms with Gasteiger partial charge in [0.1, 0.15) is 12.7 Å². The van der Waals surface area contributed by atoms with E-state index < -0.39 is 0 Å². The maximum absolute atomic E-state index is 6.01. The smallest absolute Gasteiger partial charge is 0.258 e. The van der Waals surface area contributed by atoms with E-state index in [-0.39, 0.29) is 5.28 Å². The fraction of sp³-hybridized carbons (Fsp3) is 0.583. The van der Waals surface area contributed by atoms with E-state index in [9.17, 15) is 0 Å². The molecule has 0 atom stereocenters. The summed E-state index contributed by atoms with van der Waals surface area (Å²) in [5, 5.41) is 4.18. The molecular formula is C12H17ClN8. The number of piperidine rings is 1. The summed E-state index contributed by atoms with van der Waals surface area (Å²) >= 11 is 6.01. The molecule has 0 radical (unpaired) electrons. The molecule has 2 aromatic rings. The molecule has 0 aromatic carbocycles. The first-order valence-electron chi connectivity index (χ1n) is 6.81. The first-order chi connectivity index (χ1) is 10.1. The van der Waals surface area contributed by atoms with Crippen LogP contribution in [0.15, 0.2) is 12.7 Å². The van der Waals surface area contributed by atoms with E-state index in [4.69, 9.17) is 11.6 Å². The monoisotopic (exact) mass is 308 g/mol. The van der Waals surface area contributed by atoms with Gasteiger partial charge in [-0.2, -0.15) is 24.7 Å². The van der Waals surface area contributed by atoms with Crippen molar-refractivity contribution in [2.45, 2.75) is 18.9 Å². The summed E-state index contributed by atoms with van der Waals surface area (Å²) in [7, 11) is 4.13. The number of likely N-dealkylation sites (tertiary alicyclic amines) is 1. The fourth-order valence-corrected chi connectivity index (χ4v) is 2.60. The maximum Gasteiger partial charge on any atom is 0.258 e. The summed E-state index contributed by atoms with van der Waals surface area (Å²) in [6.45, 7) is 2.15.